The molecule has 16 heavy (non-hydrogen) atoms. The van der Waals surface area contributed by atoms with Gasteiger partial charge in [0.15, 0.2) is 0 Å². The third kappa shape index (κ3) is 2.97. The van der Waals surface area contributed by atoms with Gasteiger partial charge in [0.1, 0.15) is 0 Å². The van der Waals surface area contributed by atoms with Crippen LogP contribution in [0.1, 0.15) is 17.9 Å². The third-order valence-electron chi connectivity index (χ3n) is 2.91. The number of nitrogens with zero attached hydrogens (tertiary/aromatic N) is 1. The Bertz CT molecular complexity index is 315. The zero-order valence-corrected chi connectivity index (χ0v) is 10.1. The molecule has 1 heterocycles. The van der Waals surface area contributed by atoms with Gasteiger partial charge in [0, 0.05) is 18.2 Å². The van der Waals surface area contributed by atoms with Crippen LogP contribution in [0.25, 0.3) is 0 Å². The Morgan fingerprint density at radius 2 is 2.06 bits per heavy atom. The van der Waals surface area contributed by atoms with Crippen LogP contribution in [0.2, 0.25) is 0 Å². The molecule has 1 atom stereocenters. The molecule has 88 valence electrons. The van der Waals surface area contributed by atoms with E-state index in [1.807, 2.05) is 0 Å². The lowest BCUT2D eigenvalue weighted by atomic mass is 9.98. The molecule has 3 nitrogen and oxygen atoms in total. The zero-order chi connectivity index (χ0) is 11.4. The molecule has 0 saturated carbocycles. The van der Waals surface area contributed by atoms with Gasteiger partial charge in [-0.05, 0) is 38.2 Å². The molecule has 2 rings (SSSR count). The van der Waals surface area contributed by atoms with E-state index in [9.17, 15) is 0 Å². The van der Waals surface area contributed by atoms with Gasteiger partial charge in [-0.3, -0.25) is 4.90 Å². The highest BCUT2D eigenvalue weighted by molar-refractivity contribution is 5.45. The number of anilines is 1. The fourth-order valence-corrected chi connectivity index (χ4v) is 1.92. The number of rotatable bonds is 4. The Balaban J connectivity index is 1.93. The first kappa shape index (κ1) is 11.4. The van der Waals surface area contributed by atoms with Gasteiger partial charge in [-0.25, -0.2) is 0 Å². The molecule has 1 aromatic rings. The summed E-state index contributed by atoms with van der Waals surface area (Å²) >= 11 is 0. The molecule has 1 aliphatic heterocycles. The summed E-state index contributed by atoms with van der Waals surface area (Å²) in [5.41, 5.74) is 2.57. The topological polar surface area (TPSA) is 24.5 Å². The maximum Gasteiger partial charge on any atom is 0.0673 e. The van der Waals surface area contributed by atoms with Crippen LogP contribution in [0, 0.1) is 0 Å². The maximum absolute atomic E-state index is 5.40. The van der Waals surface area contributed by atoms with Crippen LogP contribution >= 0.6 is 0 Å². The highest BCUT2D eigenvalue weighted by Crippen LogP contribution is 2.25. The molecule has 1 aliphatic rings. The summed E-state index contributed by atoms with van der Waals surface area (Å²) in [6.45, 7) is 2.65. The number of hydrogen-bond donors (Lipinski definition) is 1. The normalized spacial score (nSPS) is 20.3. The van der Waals surface area contributed by atoms with Crippen molar-refractivity contribution in [2.24, 2.45) is 0 Å². The first-order valence-electron chi connectivity index (χ1n) is 5.82. The van der Waals surface area contributed by atoms with Gasteiger partial charge in [0.05, 0.1) is 13.3 Å². The molecule has 3 heteroatoms. The molecule has 0 spiro atoms. The SMILES string of the molecule is CN(C)CNc1ccc(C2CCOC2)cc1. The lowest BCUT2D eigenvalue weighted by Crippen LogP contribution is -2.20. The van der Waals surface area contributed by atoms with Crippen LogP contribution < -0.4 is 5.32 Å². The molecule has 0 bridgehead atoms. The van der Waals surface area contributed by atoms with Gasteiger partial charge in [0.2, 0.25) is 0 Å². The molecule has 1 unspecified atom stereocenters. The molecule has 1 N–H and O–H groups in total. The summed E-state index contributed by atoms with van der Waals surface area (Å²) in [6, 6.07) is 8.71. The van der Waals surface area contributed by atoms with Gasteiger partial charge in [0.25, 0.3) is 0 Å². The second kappa shape index (κ2) is 5.32. The molecule has 1 saturated heterocycles. The minimum Gasteiger partial charge on any atom is -0.381 e. The van der Waals surface area contributed by atoms with E-state index in [2.05, 4.69) is 48.6 Å². The molecule has 0 radical (unpaired) electrons. The lowest BCUT2D eigenvalue weighted by Gasteiger charge is -2.13. The molecule has 1 fully saturated rings. The Morgan fingerprint density at radius 3 is 2.62 bits per heavy atom. The van der Waals surface area contributed by atoms with E-state index in [1.165, 1.54) is 11.3 Å². The second-order valence-corrected chi connectivity index (χ2v) is 4.60. The minimum atomic E-state index is 0.600. The van der Waals surface area contributed by atoms with Crippen molar-refractivity contribution in [3.63, 3.8) is 0 Å². The fourth-order valence-electron chi connectivity index (χ4n) is 1.92. The molecule has 0 amide bonds. The third-order valence-corrected chi connectivity index (χ3v) is 2.91. The summed E-state index contributed by atoms with van der Waals surface area (Å²) in [5.74, 6) is 0.600. The van der Waals surface area contributed by atoms with Crippen molar-refractivity contribution < 1.29 is 4.74 Å². The van der Waals surface area contributed by atoms with E-state index in [0.717, 1.165) is 26.3 Å². The molecule has 1 aromatic carbocycles. The van der Waals surface area contributed by atoms with Crippen molar-refractivity contribution in [3.05, 3.63) is 29.8 Å². The molecular formula is C13H20N2O. The predicted octanol–water partition coefficient (Wildman–Crippen LogP) is 2.12. The fraction of sp³-hybridized carbons (Fsp3) is 0.538. The highest BCUT2D eigenvalue weighted by Gasteiger charge is 2.17. The maximum atomic E-state index is 5.40. The van der Waals surface area contributed by atoms with Gasteiger partial charge >= 0.3 is 0 Å². The number of hydrogen-bond acceptors (Lipinski definition) is 3. The number of ether oxygens (including phenoxy) is 1. The lowest BCUT2D eigenvalue weighted by molar-refractivity contribution is 0.194. The quantitative estimate of drug-likeness (QED) is 0.787. The Labute approximate surface area is 97.4 Å². The predicted molar refractivity (Wildman–Crippen MR) is 66.8 cm³/mol. The first-order valence-corrected chi connectivity index (χ1v) is 5.82. The largest absolute Gasteiger partial charge is 0.381 e. The second-order valence-electron chi connectivity index (χ2n) is 4.60. The van der Waals surface area contributed by atoms with Crippen molar-refractivity contribution >= 4 is 5.69 Å². The summed E-state index contributed by atoms with van der Waals surface area (Å²) in [6.07, 6.45) is 1.16. The van der Waals surface area contributed by atoms with Gasteiger partial charge in [-0.2, -0.15) is 0 Å². The van der Waals surface area contributed by atoms with Gasteiger partial charge in [-0.1, -0.05) is 12.1 Å². The summed E-state index contributed by atoms with van der Waals surface area (Å²) < 4.78 is 5.40. The highest BCUT2D eigenvalue weighted by atomic mass is 16.5. The van der Waals surface area contributed by atoms with Crippen molar-refractivity contribution in [2.75, 3.05) is 39.3 Å². The average Bonchev–Trinajstić information content (AvgIpc) is 2.80. The Hall–Kier alpha value is -1.06. The zero-order valence-electron chi connectivity index (χ0n) is 10.1. The standard InChI is InChI=1S/C13H20N2O/c1-15(2)10-14-13-5-3-11(4-6-13)12-7-8-16-9-12/h3-6,12,14H,7-10H2,1-2H3. The van der Waals surface area contributed by atoms with Crippen molar-refractivity contribution in [2.45, 2.75) is 12.3 Å². The summed E-state index contributed by atoms with van der Waals surface area (Å²) in [4.78, 5) is 2.11. The summed E-state index contributed by atoms with van der Waals surface area (Å²) in [7, 11) is 4.11. The Kier molecular flexibility index (Phi) is 3.80. The smallest absolute Gasteiger partial charge is 0.0673 e. The molecule has 0 aromatic heterocycles. The van der Waals surface area contributed by atoms with E-state index < -0.39 is 0 Å². The average molecular weight is 220 g/mol. The summed E-state index contributed by atoms with van der Waals surface area (Å²) in [5, 5.41) is 3.36. The van der Waals surface area contributed by atoms with Crippen LogP contribution in [0.4, 0.5) is 5.69 Å². The Morgan fingerprint density at radius 1 is 1.31 bits per heavy atom. The number of nitrogens with one attached hydrogen (secondary N) is 1. The van der Waals surface area contributed by atoms with Crippen molar-refractivity contribution in [1.82, 2.24) is 4.90 Å². The van der Waals surface area contributed by atoms with Crippen molar-refractivity contribution in [3.8, 4) is 0 Å². The molecular weight excluding hydrogens is 200 g/mol. The monoisotopic (exact) mass is 220 g/mol. The first-order chi connectivity index (χ1) is 7.75. The van der Waals surface area contributed by atoms with E-state index >= 15 is 0 Å². The molecule has 0 aliphatic carbocycles. The van der Waals surface area contributed by atoms with E-state index in [-0.39, 0.29) is 0 Å². The van der Waals surface area contributed by atoms with Crippen LogP contribution in [-0.2, 0) is 4.74 Å². The van der Waals surface area contributed by atoms with E-state index in [1.54, 1.807) is 0 Å². The van der Waals surface area contributed by atoms with E-state index in [0.29, 0.717) is 5.92 Å². The van der Waals surface area contributed by atoms with Crippen LogP contribution in [-0.4, -0.2) is 38.9 Å². The van der Waals surface area contributed by atoms with Crippen LogP contribution in [0.15, 0.2) is 24.3 Å². The number of benzene rings is 1. The van der Waals surface area contributed by atoms with Crippen molar-refractivity contribution in [1.29, 1.82) is 0 Å². The minimum absolute atomic E-state index is 0.600. The van der Waals surface area contributed by atoms with Gasteiger partial charge in [-0.15, -0.1) is 0 Å². The van der Waals surface area contributed by atoms with E-state index in [4.69, 9.17) is 4.74 Å². The van der Waals surface area contributed by atoms with Crippen LogP contribution in [0.3, 0.4) is 0 Å². The van der Waals surface area contributed by atoms with Crippen LogP contribution in [0.5, 0.6) is 0 Å². The van der Waals surface area contributed by atoms with Gasteiger partial charge < -0.3 is 10.1 Å².